The summed E-state index contributed by atoms with van der Waals surface area (Å²) in [5.41, 5.74) is 1.60. The molecule has 2 aromatic rings. The fourth-order valence-corrected chi connectivity index (χ4v) is 2.05. The van der Waals surface area contributed by atoms with Crippen LogP contribution in [0.3, 0.4) is 0 Å². The molecule has 1 unspecified atom stereocenters. The molecule has 6 heteroatoms. The van der Waals surface area contributed by atoms with Crippen LogP contribution in [-0.4, -0.2) is 35.7 Å². The number of nitrogens with one attached hydrogen (secondary N) is 1. The molecule has 21 heavy (non-hydrogen) atoms. The number of aromatic nitrogens is 3. The van der Waals surface area contributed by atoms with Gasteiger partial charge in [-0.1, -0.05) is 6.92 Å². The van der Waals surface area contributed by atoms with Crippen molar-refractivity contribution in [1.82, 2.24) is 20.3 Å². The molecule has 0 amide bonds. The monoisotopic (exact) mass is 288 g/mol. The summed E-state index contributed by atoms with van der Waals surface area (Å²) in [6, 6.07) is 5.38. The lowest BCUT2D eigenvalue weighted by Gasteiger charge is -2.19. The highest BCUT2D eigenvalue weighted by Crippen LogP contribution is 2.27. The molecule has 2 heterocycles. The molecular weight excluding hydrogens is 268 g/mol. The summed E-state index contributed by atoms with van der Waals surface area (Å²) in [6.07, 6.45) is 4.25. The van der Waals surface area contributed by atoms with E-state index in [1.807, 2.05) is 12.1 Å². The average molecular weight is 288 g/mol. The van der Waals surface area contributed by atoms with E-state index >= 15 is 0 Å². The molecule has 0 aliphatic rings. The summed E-state index contributed by atoms with van der Waals surface area (Å²) in [5, 5.41) is 3.44. The predicted octanol–water partition coefficient (Wildman–Crippen LogP) is 1.98. The van der Waals surface area contributed by atoms with E-state index in [1.54, 1.807) is 26.5 Å². The van der Waals surface area contributed by atoms with E-state index in [0.29, 0.717) is 5.88 Å². The van der Waals surface area contributed by atoms with E-state index in [1.165, 1.54) is 6.33 Å². The van der Waals surface area contributed by atoms with Gasteiger partial charge in [-0.3, -0.25) is 4.98 Å². The maximum atomic E-state index is 5.41. The Morgan fingerprint density at radius 2 is 2.05 bits per heavy atom. The third-order valence-corrected chi connectivity index (χ3v) is 3.06. The Kier molecular flexibility index (Phi) is 5.45. The third kappa shape index (κ3) is 3.66. The molecule has 0 aliphatic carbocycles. The highest BCUT2D eigenvalue weighted by molar-refractivity contribution is 5.35. The van der Waals surface area contributed by atoms with Crippen LogP contribution in [0.25, 0.3) is 0 Å². The summed E-state index contributed by atoms with van der Waals surface area (Å²) in [6.45, 7) is 2.96. The lowest BCUT2D eigenvalue weighted by atomic mass is 10.1. The molecule has 0 aromatic carbocycles. The first-order chi connectivity index (χ1) is 10.3. The van der Waals surface area contributed by atoms with E-state index in [0.717, 1.165) is 30.1 Å². The van der Waals surface area contributed by atoms with Gasteiger partial charge in [0.15, 0.2) is 0 Å². The zero-order chi connectivity index (χ0) is 15.1. The van der Waals surface area contributed by atoms with Crippen LogP contribution in [0.15, 0.2) is 30.7 Å². The SMILES string of the molecule is CCCNC(c1cc(OC)ncn1)c1ncccc1OC. The number of hydrogen-bond acceptors (Lipinski definition) is 6. The van der Waals surface area contributed by atoms with Crippen LogP contribution in [0.1, 0.15) is 30.8 Å². The smallest absolute Gasteiger partial charge is 0.216 e. The van der Waals surface area contributed by atoms with Crippen molar-refractivity contribution in [3.8, 4) is 11.6 Å². The van der Waals surface area contributed by atoms with E-state index in [-0.39, 0.29) is 6.04 Å². The van der Waals surface area contributed by atoms with Crippen molar-refractivity contribution in [2.24, 2.45) is 0 Å². The molecule has 0 bridgehead atoms. The van der Waals surface area contributed by atoms with Crippen molar-refractivity contribution in [3.05, 3.63) is 42.1 Å². The highest BCUT2D eigenvalue weighted by Gasteiger charge is 2.21. The van der Waals surface area contributed by atoms with E-state index in [9.17, 15) is 0 Å². The summed E-state index contributed by atoms with van der Waals surface area (Å²) < 4.78 is 10.6. The molecule has 0 radical (unpaired) electrons. The van der Waals surface area contributed by atoms with Crippen molar-refractivity contribution in [2.45, 2.75) is 19.4 Å². The Morgan fingerprint density at radius 1 is 1.19 bits per heavy atom. The minimum atomic E-state index is -0.169. The molecule has 2 aromatic heterocycles. The molecule has 0 saturated heterocycles. The number of pyridine rings is 1. The zero-order valence-electron chi connectivity index (χ0n) is 12.5. The van der Waals surface area contributed by atoms with Crippen molar-refractivity contribution in [3.63, 3.8) is 0 Å². The molecule has 1 atom stereocenters. The lowest BCUT2D eigenvalue weighted by Crippen LogP contribution is -2.25. The number of ether oxygens (including phenoxy) is 2. The number of nitrogens with zero attached hydrogens (tertiary/aromatic N) is 3. The molecule has 0 saturated carbocycles. The van der Waals surface area contributed by atoms with Crippen molar-refractivity contribution in [2.75, 3.05) is 20.8 Å². The lowest BCUT2D eigenvalue weighted by molar-refractivity contribution is 0.391. The van der Waals surface area contributed by atoms with Gasteiger partial charge in [-0.2, -0.15) is 0 Å². The summed E-state index contributed by atoms with van der Waals surface area (Å²) >= 11 is 0. The summed E-state index contributed by atoms with van der Waals surface area (Å²) in [7, 11) is 3.22. The Hall–Kier alpha value is -2.21. The summed E-state index contributed by atoms with van der Waals surface area (Å²) in [4.78, 5) is 12.8. The van der Waals surface area contributed by atoms with Crippen LogP contribution in [0.2, 0.25) is 0 Å². The van der Waals surface area contributed by atoms with Crippen LogP contribution in [0, 0.1) is 0 Å². The maximum Gasteiger partial charge on any atom is 0.216 e. The van der Waals surface area contributed by atoms with Gasteiger partial charge in [-0.25, -0.2) is 9.97 Å². The van der Waals surface area contributed by atoms with Crippen LogP contribution in [0.5, 0.6) is 11.6 Å². The molecule has 0 fully saturated rings. The van der Waals surface area contributed by atoms with Crippen LogP contribution in [-0.2, 0) is 0 Å². The Balaban J connectivity index is 2.41. The quantitative estimate of drug-likeness (QED) is 0.840. The van der Waals surface area contributed by atoms with Crippen molar-refractivity contribution >= 4 is 0 Å². The Labute approximate surface area is 124 Å². The topological polar surface area (TPSA) is 69.2 Å². The van der Waals surface area contributed by atoms with Gasteiger partial charge in [-0.05, 0) is 25.1 Å². The van der Waals surface area contributed by atoms with Crippen molar-refractivity contribution < 1.29 is 9.47 Å². The first kappa shape index (κ1) is 15.2. The molecule has 6 nitrogen and oxygen atoms in total. The third-order valence-electron chi connectivity index (χ3n) is 3.06. The second kappa shape index (κ2) is 7.54. The molecule has 0 spiro atoms. The second-order valence-corrected chi connectivity index (χ2v) is 4.46. The minimum absolute atomic E-state index is 0.169. The fraction of sp³-hybridized carbons (Fsp3) is 0.400. The molecule has 112 valence electrons. The Bertz CT molecular complexity index is 577. The van der Waals surface area contributed by atoms with E-state index in [4.69, 9.17) is 9.47 Å². The van der Waals surface area contributed by atoms with E-state index < -0.39 is 0 Å². The van der Waals surface area contributed by atoms with Gasteiger partial charge < -0.3 is 14.8 Å². The standard InChI is InChI=1S/C15H20N4O2/c1-4-7-16-14(11-9-13(21-3)19-10-18-11)15-12(20-2)6-5-8-17-15/h5-6,8-10,14,16H,4,7H2,1-3H3. The van der Waals surface area contributed by atoms with Crippen LogP contribution in [0.4, 0.5) is 0 Å². The van der Waals surface area contributed by atoms with Gasteiger partial charge in [0.2, 0.25) is 5.88 Å². The molecule has 2 rings (SSSR count). The largest absolute Gasteiger partial charge is 0.495 e. The van der Waals surface area contributed by atoms with Gasteiger partial charge >= 0.3 is 0 Å². The fourth-order valence-electron chi connectivity index (χ4n) is 2.05. The van der Waals surface area contributed by atoms with Crippen molar-refractivity contribution in [1.29, 1.82) is 0 Å². The first-order valence-corrected chi connectivity index (χ1v) is 6.88. The zero-order valence-corrected chi connectivity index (χ0v) is 12.5. The predicted molar refractivity (Wildman–Crippen MR) is 79.5 cm³/mol. The van der Waals surface area contributed by atoms with Gasteiger partial charge in [0.25, 0.3) is 0 Å². The number of rotatable bonds is 7. The van der Waals surface area contributed by atoms with E-state index in [2.05, 4.69) is 27.2 Å². The number of methoxy groups -OCH3 is 2. The Morgan fingerprint density at radius 3 is 2.76 bits per heavy atom. The normalized spacial score (nSPS) is 12.0. The molecular formula is C15H20N4O2. The van der Waals surface area contributed by atoms with Gasteiger partial charge in [0, 0.05) is 12.3 Å². The van der Waals surface area contributed by atoms with Gasteiger partial charge in [-0.15, -0.1) is 0 Å². The van der Waals surface area contributed by atoms with Gasteiger partial charge in [0.05, 0.1) is 26.0 Å². The maximum absolute atomic E-state index is 5.41. The highest BCUT2D eigenvalue weighted by atomic mass is 16.5. The molecule has 1 N–H and O–H groups in total. The molecule has 0 aliphatic heterocycles. The minimum Gasteiger partial charge on any atom is -0.495 e. The number of hydrogen-bond donors (Lipinski definition) is 1. The van der Waals surface area contributed by atoms with Gasteiger partial charge in [0.1, 0.15) is 17.8 Å². The average Bonchev–Trinajstić information content (AvgIpc) is 2.56. The summed E-state index contributed by atoms with van der Waals surface area (Å²) in [5.74, 6) is 1.25. The van der Waals surface area contributed by atoms with Crippen LogP contribution >= 0.6 is 0 Å². The second-order valence-electron chi connectivity index (χ2n) is 4.46. The van der Waals surface area contributed by atoms with Crippen LogP contribution < -0.4 is 14.8 Å². The first-order valence-electron chi connectivity index (χ1n) is 6.88.